The zero-order valence-electron chi connectivity index (χ0n) is 10.9. The zero-order chi connectivity index (χ0) is 11.4. The van der Waals surface area contributed by atoms with Gasteiger partial charge in [-0.15, -0.1) is 0 Å². The van der Waals surface area contributed by atoms with Crippen LogP contribution in [0.15, 0.2) is 0 Å². The highest BCUT2D eigenvalue weighted by Gasteiger charge is 2.27. The molecular weight excluding hydrogens is 198 g/mol. The molecule has 0 saturated heterocycles. The van der Waals surface area contributed by atoms with E-state index in [1.165, 1.54) is 38.5 Å². The maximum Gasteiger partial charge on any atom is 0.0594 e. The molecule has 3 atom stereocenters. The van der Waals surface area contributed by atoms with Crippen molar-refractivity contribution in [3.63, 3.8) is 0 Å². The first-order chi connectivity index (χ1) is 7.75. The van der Waals surface area contributed by atoms with Crippen LogP contribution in [0, 0.1) is 11.8 Å². The van der Waals surface area contributed by atoms with Crippen molar-refractivity contribution in [2.45, 2.75) is 64.5 Å². The van der Waals surface area contributed by atoms with E-state index in [2.05, 4.69) is 19.2 Å². The molecule has 1 N–H and O–H groups in total. The molecule has 0 aromatic heterocycles. The number of nitrogens with one attached hydrogen (secondary N) is 1. The van der Waals surface area contributed by atoms with E-state index in [0.717, 1.165) is 25.0 Å². The summed E-state index contributed by atoms with van der Waals surface area (Å²) in [6, 6.07) is 0.703. The number of rotatable bonds is 6. The fourth-order valence-electron chi connectivity index (χ4n) is 2.80. The van der Waals surface area contributed by atoms with Crippen molar-refractivity contribution in [3.8, 4) is 0 Å². The Labute approximate surface area is 100 Å². The van der Waals surface area contributed by atoms with Gasteiger partial charge in [0.25, 0.3) is 0 Å². The van der Waals surface area contributed by atoms with Gasteiger partial charge in [-0.1, -0.05) is 19.8 Å². The van der Waals surface area contributed by atoms with Gasteiger partial charge in [0.15, 0.2) is 0 Å². The molecule has 0 aliphatic heterocycles. The van der Waals surface area contributed by atoms with Crippen LogP contribution >= 0.6 is 0 Å². The van der Waals surface area contributed by atoms with Crippen molar-refractivity contribution in [3.05, 3.63) is 0 Å². The molecule has 0 radical (unpaired) electrons. The van der Waals surface area contributed by atoms with E-state index in [1.54, 1.807) is 0 Å². The molecule has 2 heteroatoms. The minimum Gasteiger partial charge on any atom is -0.377 e. The van der Waals surface area contributed by atoms with E-state index in [9.17, 15) is 0 Å². The second kappa shape index (κ2) is 6.02. The molecule has 94 valence electrons. The normalized spacial score (nSPS) is 32.6. The molecule has 3 unspecified atom stereocenters. The van der Waals surface area contributed by atoms with Gasteiger partial charge < -0.3 is 10.1 Å². The third-order valence-corrected chi connectivity index (χ3v) is 4.14. The first-order valence-electron chi connectivity index (χ1n) is 7.10. The van der Waals surface area contributed by atoms with E-state index in [1.807, 2.05) is 0 Å². The molecular formula is C14H27NO. The topological polar surface area (TPSA) is 21.3 Å². The highest BCUT2D eigenvalue weighted by Crippen LogP contribution is 2.32. The Morgan fingerprint density at radius 2 is 2.06 bits per heavy atom. The third kappa shape index (κ3) is 4.06. The van der Waals surface area contributed by atoms with Gasteiger partial charge in [-0.25, -0.2) is 0 Å². The fourth-order valence-corrected chi connectivity index (χ4v) is 2.80. The Kier molecular flexibility index (Phi) is 4.66. The average molecular weight is 225 g/mol. The Morgan fingerprint density at radius 1 is 1.25 bits per heavy atom. The fraction of sp³-hybridized carbons (Fsp3) is 1.00. The lowest BCUT2D eigenvalue weighted by Gasteiger charge is -2.27. The zero-order valence-corrected chi connectivity index (χ0v) is 10.9. The van der Waals surface area contributed by atoms with Crippen LogP contribution in [-0.4, -0.2) is 25.3 Å². The second-order valence-electron chi connectivity index (χ2n) is 5.84. The molecule has 0 bridgehead atoms. The minimum absolute atomic E-state index is 0.543. The standard InChI is InChI=1S/C14H27NO/c1-11-4-3-5-14(10-11)16-9-8-15-12(2)13-6-7-13/h11-15H,3-10H2,1-2H3. The van der Waals surface area contributed by atoms with Crippen molar-refractivity contribution in [1.29, 1.82) is 0 Å². The molecule has 16 heavy (non-hydrogen) atoms. The molecule has 0 aromatic rings. The smallest absolute Gasteiger partial charge is 0.0594 e. The molecule has 0 spiro atoms. The van der Waals surface area contributed by atoms with Crippen LogP contribution in [-0.2, 0) is 4.74 Å². The van der Waals surface area contributed by atoms with E-state index in [0.29, 0.717) is 12.1 Å². The summed E-state index contributed by atoms with van der Waals surface area (Å²) in [5.41, 5.74) is 0. The van der Waals surface area contributed by atoms with Crippen LogP contribution < -0.4 is 5.32 Å². The van der Waals surface area contributed by atoms with Crippen molar-refractivity contribution >= 4 is 0 Å². The van der Waals surface area contributed by atoms with Crippen LogP contribution in [0.4, 0.5) is 0 Å². The molecule has 2 rings (SSSR count). The maximum atomic E-state index is 5.94. The van der Waals surface area contributed by atoms with E-state index >= 15 is 0 Å². The van der Waals surface area contributed by atoms with Crippen molar-refractivity contribution in [1.82, 2.24) is 5.32 Å². The molecule has 2 saturated carbocycles. The van der Waals surface area contributed by atoms with Crippen molar-refractivity contribution in [2.75, 3.05) is 13.2 Å². The van der Waals surface area contributed by atoms with Crippen LogP contribution in [0.3, 0.4) is 0 Å². The molecule has 2 aliphatic carbocycles. The largest absolute Gasteiger partial charge is 0.377 e. The highest BCUT2D eigenvalue weighted by molar-refractivity contribution is 4.83. The van der Waals surface area contributed by atoms with Gasteiger partial charge in [0.05, 0.1) is 12.7 Å². The van der Waals surface area contributed by atoms with Gasteiger partial charge in [0, 0.05) is 12.6 Å². The molecule has 2 fully saturated rings. The summed E-state index contributed by atoms with van der Waals surface area (Å²) < 4.78 is 5.94. The van der Waals surface area contributed by atoms with Crippen molar-refractivity contribution < 1.29 is 4.74 Å². The Balaban J connectivity index is 1.50. The summed E-state index contributed by atoms with van der Waals surface area (Å²) in [7, 11) is 0. The molecule has 2 aliphatic rings. The number of hydrogen-bond donors (Lipinski definition) is 1. The first kappa shape index (κ1) is 12.4. The van der Waals surface area contributed by atoms with Crippen LogP contribution in [0.25, 0.3) is 0 Å². The molecule has 2 nitrogen and oxygen atoms in total. The predicted octanol–water partition coefficient (Wildman–Crippen LogP) is 2.97. The lowest BCUT2D eigenvalue weighted by atomic mass is 9.89. The molecule has 0 heterocycles. The van der Waals surface area contributed by atoms with Gasteiger partial charge in [-0.2, -0.15) is 0 Å². The SMILES string of the molecule is CC1CCCC(OCCNC(C)C2CC2)C1. The van der Waals surface area contributed by atoms with Gasteiger partial charge in [-0.05, 0) is 44.4 Å². The number of hydrogen-bond acceptors (Lipinski definition) is 2. The third-order valence-electron chi connectivity index (χ3n) is 4.14. The van der Waals surface area contributed by atoms with Crippen molar-refractivity contribution in [2.24, 2.45) is 11.8 Å². The molecule has 0 aromatic carbocycles. The summed E-state index contributed by atoms with van der Waals surface area (Å²) in [5, 5.41) is 3.57. The Morgan fingerprint density at radius 3 is 2.75 bits per heavy atom. The average Bonchev–Trinajstić information content (AvgIpc) is 3.08. The van der Waals surface area contributed by atoms with Crippen LogP contribution in [0.2, 0.25) is 0 Å². The summed E-state index contributed by atoms with van der Waals surface area (Å²) in [4.78, 5) is 0. The predicted molar refractivity (Wildman–Crippen MR) is 67.6 cm³/mol. The van der Waals surface area contributed by atoms with E-state index < -0.39 is 0 Å². The van der Waals surface area contributed by atoms with E-state index in [-0.39, 0.29) is 0 Å². The van der Waals surface area contributed by atoms with E-state index in [4.69, 9.17) is 4.74 Å². The minimum atomic E-state index is 0.543. The van der Waals surface area contributed by atoms with Crippen LogP contribution in [0.1, 0.15) is 52.4 Å². The van der Waals surface area contributed by atoms with Crippen LogP contribution in [0.5, 0.6) is 0 Å². The molecule has 0 amide bonds. The van der Waals surface area contributed by atoms with Gasteiger partial charge >= 0.3 is 0 Å². The van der Waals surface area contributed by atoms with Gasteiger partial charge in [-0.3, -0.25) is 0 Å². The monoisotopic (exact) mass is 225 g/mol. The summed E-state index contributed by atoms with van der Waals surface area (Å²) in [5.74, 6) is 1.83. The number of ether oxygens (including phenoxy) is 1. The lowest BCUT2D eigenvalue weighted by Crippen LogP contribution is -2.32. The summed E-state index contributed by atoms with van der Waals surface area (Å²) in [6.45, 7) is 6.58. The second-order valence-corrected chi connectivity index (χ2v) is 5.84. The quantitative estimate of drug-likeness (QED) is 0.702. The first-order valence-corrected chi connectivity index (χ1v) is 7.10. The highest BCUT2D eigenvalue weighted by atomic mass is 16.5. The summed E-state index contributed by atoms with van der Waals surface area (Å²) >= 11 is 0. The lowest BCUT2D eigenvalue weighted by molar-refractivity contribution is 0.0165. The Bertz CT molecular complexity index is 203. The maximum absolute atomic E-state index is 5.94. The Hall–Kier alpha value is -0.0800. The van der Waals surface area contributed by atoms with Gasteiger partial charge in [0.2, 0.25) is 0 Å². The summed E-state index contributed by atoms with van der Waals surface area (Å²) in [6.07, 6.45) is 8.71. The van der Waals surface area contributed by atoms with Gasteiger partial charge in [0.1, 0.15) is 0 Å².